The number of carbonyl (C=O) groups excluding carboxylic acids is 3. The Labute approximate surface area is 155 Å². The third-order valence-electron chi connectivity index (χ3n) is 6.18. The van der Waals surface area contributed by atoms with Gasteiger partial charge in [0.25, 0.3) is 5.91 Å². The van der Waals surface area contributed by atoms with Crippen molar-refractivity contribution in [1.29, 1.82) is 0 Å². The molecule has 0 radical (unpaired) electrons. The Hall–Kier alpha value is -2.17. The van der Waals surface area contributed by atoms with Crippen LogP contribution in [0.25, 0.3) is 0 Å². The molecule has 2 fully saturated rings. The number of urea groups is 1. The van der Waals surface area contributed by atoms with Crippen molar-refractivity contribution in [3.63, 3.8) is 0 Å². The molecule has 3 atom stereocenters. The van der Waals surface area contributed by atoms with Crippen LogP contribution in [0.3, 0.4) is 0 Å². The minimum Gasteiger partial charge on any atom is -0.312 e. The van der Waals surface area contributed by atoms with E-state index in [1.807, 2.05) is 6.07 Å². The first-order valence-electron chi connectivity index (χ1n) is 9.47. The first-order chi connectivity index (χ1) is 12.3. The molecule has 26 heavy (non-hydrogen) atoms. The van der Waals surface area contributed by atoms with E-state index in [-0.39, 0.29) is 30.2 Å². The van der Waals surface area contributed by atoms with Crippen LogP contribution in [0.5, 0.6) is 0 Å². The van der Waals surface area contributed by atoms with Crippen molar-refractivity contribution in [2.75, 3.05) is 13.6 Å². The van der Waals surface area contributed by atoms with Gasteiger partial charge in [-0.3, -0.25) is 14.5 Å². The van der Waals surface area contributed by atoms with Crippen LogP contribution < -0.4 is 0 Å². The van der Waals surface area contributed by atoms with Crippen molar-refractivity contribution in [2.24, 2.45) is 17.8 Å². The van der Waals surface area contributed by atoms with Crippen LogP contribution in [0.1, 0.15) is 50.4 Å². The summed E-state index contributed by atoms with van der Waals surface area (Å²) in [5.74, 6) is 0.402. The number of imide groups is 1. The third kappa shape index (κ3) is 2.83. The second kappa shape index (κ2) is 6.86. The van der Waals surface area contributed by atoms with Crippen molar-refractivity contribution < 1.29 is 14.4 Å². The zero-order chi connectivity index (χ0) is 19.1. The lowest BCUT2D eigenvalue weighted by Crippen LogP contribution is -2.58. The number of hydrogen-bond acceptors (Lipinski definition) is 3. The fraction of sp³-hybridized carbons (Fsp3) is 0.571. The van der Waals surface area contributed by atoms with Gasteiger partial charge in [-0.1, -0.05) is 57.5 Å². The Bertz CT molecular complexity index is 715. The summed E-state index contributed by atoms with van der Waals surface area (Å²) in [5.41, 5.74) is -0.283. The Balaban J connectivity index is 1.91. The van der Waals surface area contributed by atoms with E-state index in [0.717, 1.165) is 12.8 Å². The fourth-order valence-electron chi connectivity index (χ4n) is 4.82. The molecule has 1 aromatic carbocycles. The third-order valence-corrected chi connectivity index (χ3v) is 6.18. The van der Waals surface area contributed by atoms with Gasteiger partial charge in [0.2, 0.25) is 0 Å². The lowest BCUT2D eigenvalue weighted by Gasteiger charge is -2.47. The largest absolute Gasteiger partial charge is 0.327 e. The van der Waals surface area contributed by atoms with Crippen molar-refractivity contribution in [2.45, 2.75) is 45.6 Å². The summed E-state index contributed by atoms with van der Waals surface area (Å²) in [6.07, 6.45) is 2.68. The van der Waals surface area contributed by atoms with E-state index in [0.29, 0.717) is 23.8 Å². The first kappa shape index (κ1) is 18.6. The van der Waals surface area contributed by atoms with E-state index < -0.39 is 5.54 Å². The topological polar surface area (TPSA) is 57.7 Å². The summed E-state index contributed by atoms with van der Waals surface area (Å²) in [6.45, 7) is 6.19. The molecule has 3 amide bonds. The monoisotopic (exact) mass is 356 g/mol. The Morgan fingerprint density at radius 1 is 1.19 bits per heavy atom. The average molecular weight is 356 g/mol. The van der Waals surface area contributed by atoms with Gasteiger partial charge in [0, 0.05) is 12.6 Å². The number of hydrogen-bond donors (Lipinski definition) is 0. The summed E-state index contributed by atoms with van der Waals surface area (Å²) >= 11 is 0. The van der Waals surface area contributed by atoms with Crippen LogP contribution in [0.2, 0.25) is 0 Å². The maximum atomic E-state index is 13.4. The van der Waals surface area contributed by atoms with E-state index in [1.165, 1.54) is 4.90 Å². The van der Waals surface area contributed by atoms with Gasteiger partial charge in [-0.2, -0.15) is 0 Å². The predicted molar refractivity (Wildman–Crippen MR) is 99.7 cm³/mol. The molecule has 1 aliphatic carbocycles. The summed E-state index contributed by atoms with van der Waals surface area (Å²) in [5, 5.41) is 0. The molecule has 5 nitrogen and oxygen atoms in total. The normalized spacial score (nSPS) is 29.1. The number of amides is 3. The number of carbonyl (C=O) groups is 3. The number of nitrogens with zero attached hydrogens (tertiary/aromatic N) is 2. The molecule has 1 saturated carbocycles. The lowest BCUT2D eigenvalue weighted by atomic mass is 9.64. The van der Waals surface area contributed by atoms with E-state index in [9.17, 15) is 14.4 Å². The van der Waals surface area contributed by atoms with E-state index in [1.54, 1.807) is 36.2 Å². The molecule has 1 aromatic rings. The highest BCUT2D eigenvalue weighted by atomic mass is 16.2. The Kier molecular flexibility index (Phi) is 4.91. The minimum absolute atomic E-state index is 0.122. The molecule has 5 heteroatoms. The van der Waals surface area contributed by atoms with Crippen LogP contribution in [0.4, 0.5) is 4.79 Å². The predicted octanol–water partition coefficient (Wildman–Crippen LogP) is 3.59. The van der Waals surface area contributed by atoms with E-state index in [2.05, 4.69) is 20.8 Å². The molecule has 1 heterocycles. The maximum Gasteiger partial charge on any atom is 0.327 e. The minimum atomic E-state index is -0.806. The number of rotatable bonds is 4. The standard InChI is InChI=1S/C21H28N2O3/c1-14(2)17-11-10-15(3)12-21(17)19(25)23(20(26)22(21)4)13-18(24)16-8-6-5-7-9-16/h5-9,14-15,17H,10-13H2,1-4H3. The van der Waals surface area contributed by atoms with E-state index in [4.69, 9.17) is 0 Å². The highest BCUT2D eigenvalue weighted by molar-refractivity contribution is 6.11. The van der Waals surface area contributed by atoms with Gasteiger partial charge in [0.1, 0.15) is 5.54 Å². The molecule has 1 aliphatic heterocycles. The van der Waals surface area contributed by atoms with Crippen molar-refractivity contribution in [3.05, 3.63) is 35.9 Å². The Morgan fingerprint density at radius 2 is 1.85 bits per heavy atom. The van der Waals surface area contributed by atoms with Crippen molar-refractivity contribution in [1.82, 2.24) is 9.80 Å². The van der Waals surface area contributed by atoms with E-state index >= 15 is 0 Å². The molecule has 1 spiro atoms. The second-order valence-corrected chi connectivity index (χ2v) is 8.18. The molecular weight excluding hydrogens is 328 g/mol. The first-order valence-corrected chi connectivity index (χ1v) is 9.47. The average Bonchev–Trinajstić information content (AvgIpc) is 2.78. The fourth-order valence-corrected chi connectivity index (χ4v) is 4.82. The molecule has 3 unspecified atom stereocenters. The van der Waals surface area contributed by atoms with Crippen LogP contribution in [-0.2, 0) is 4.79 Å². The molecule has 2 aliphatic rings. The van der Waals surface area contributed by atoms with Gasteiger partial charge in [-0.25, -0.2) is 4.79 Å². The lowest BCUT2D eigenvalue weighted by molar-refractivity contribution is -0.139. The zero-order valence-corrected chi connectivity index (χ0v) is 16.1. The van der Waals surface area contributed by atoms with Crippen molar-refractivity contribution in [3.8, 4) is 0 Å². The molecule has 3 rings (SSSR count). The molecule has 140 valence electrons. The van der Waals surface area contributed by atoms with Crippen LogP contribution in [0, 0.1) is 17.8 Å². The Morgan fingerprint density at radius 3 is 2.46 bits per heavy atom. The zero-order valence-electron chi connectivity index (χ0n) is 16.1. The highest BCUT2D eigenvalue weighted by Gasteiger charge is 2.61. The summed E-state index contributed by atoms with van der Waals surface area (Å²) in [6, 6.07) is 8.48. The van der Waals surface area contributed by atoms with Crippen LogP contribution in [0.15, 0.2) is 30.3 Å². The molecular formula is C21H28N2O3. The molecule has 0 bridgehead atoms. The van der Waals surface area contributed by atoms with Gasteiger partial charge >= 0.3 is 6.03 Å². The highest BCUT2D eigenvalue weighted by Crippen LogP contribution is 2.48. The summed E-state index contributed by atoms with van der Waals surface area (Å²) < 4.78 is 0. The summed E-state index contributed by atoms with van der Waals surface area (Å²) in [4.78, 5) is 41.7. The number of likely N-dealkylation sites (N-methyl/N-ethyl adjacent to an activating group) is 1. The van der Waals surface area contributed by atoms with Gasteiger partial charge in [0.05, 0.1) is 6.54 Å². The van der Waals surface area contributed by atoms with Gasteiger partial charge in [0.15, 0.2) is 5.78 Å². The summed E-state index contributed by atoms with van der Waals surface area (Å²) in [7, 11) is 1.72. The molecule has 0 aromatic heterocycles. The van der Waals surface area contributed by atoms with Gasteiger partial charge in [-0.15, -0.1) is 0 Å². The van der Waals surface area contributed by atoms with Gasteiger partial charge < -0.3 is 4.90 Å². The SMILES string of the molecule is CC1CCC(C(C)C)C2(C1)C(=O)N(CC(=O)c1ccccc1)C(=O)N2C. The number of benzene rings is 1. The smallest absolute Gasteiger partial charge is 0.312 e. The molecule has 0 N–H and O–H groups in total. The van der Waals surface area contributed by atoms with Crippen LogP contribution in [-0.4, -0.2) is 46.7 Å². The van der Waals surface area contributed by atoms with Crippen LogP contribution >= 0.6 is 0 Å². The second-order valence-electron chi connectivity index (χ2n) is 8.18. The molecule has 1 saturated heterocycles. The quantitative estimate of drug-likeness (QED) is 0.612. The van der Waals surface area contributed by atoms with Gasteiger partial charge in [-0.05, 0) is 30.6 Å². The number of Topliss-reactive ketones (excluding diaryl/α,β-unsaturated/α-hetero) is 1. The maximum absolute atomic E-state index is 13.4. The number of ketones is 1. The van der Waals surface area contributed by atoms with Crippen molar-refractivity contribution >= 4 is 17.7 Å².